The molecule has 2 atom stereocenters. The molecule has 0 spiro atoms. The van der Waals surface area contributed by atoms with Gasteiger partial charge in [-0.05, 0) is 49.2 Å². The molecule has 4 N–H and O–H groups in total. The maximum Gasteiger partial charge on any atom is 0.270 e. The molecule has 1 saturated heterocycles. The van der Waals surface area contributed by atoms with Gasteiger partial charge in [0.25, 0.3) is 5.91 Å². The van der Waals surface area contributed by atoms with Gasteiger partial charge >= 0.3 is 0 Å². The molecule has 40 heavy (non-hydrogen) atoms. The number of anilines is 2. The first-order chi connectivity index (χ1) is 19.5. The number of nitrogens with one attached hydrogen (secondary N) is 3. The van der Waals surface area contributed by atoms with E-state index in [1.165, 1.54) is 0 Å². The van der Waals surface area contributed by atoms with Crippen LogP contribution in [0.3, 0.4) is 0 Å². The average Bonchev–Trinajstić information content (AvgIpc) is 3.41. The third kappa shape index (κ3) is 6.57. The lowest BCUT2D eigenvalue weighted by Crippen LogP contribution is -2.46. The molecule has 2 unspecified atom stereocenters. The van der Waals surface area contributed by atoms with Crippen LogP contribution in [0.2, 0.25) is 0 Å². The SMILES string of the molecule is CCCC(O)C(CC)COc1ccnc(-c2ccnc(Nc3ccc4[nH]c(C(=O)N5CCNCC5)cc4c3)n2)c1. The first-order valence-corrected chi connectivity index (χ1v) is 14.0. The Balaban J connectivity index is 1.27. The zero-order valence-electron chi connectivity index (χ0n) is 23.1. The molecule has 1 aliphatic rings. The number of aromatic amines is 1. The topological polar surface area (TPSA) is 128 Å². The minimum Gasteiger partial charge on any atom is -0.493 e. The maximum atomic E-state index is 12.9. The quantitative estimate of drug-likeness (QED) is 0.220. The van der Waals surface area contributed by atoms with Crippen LogP contribution in [0.25, 0.3) is 22.3 Å². The predicted molar refractivity (Wildman–Crippen MR) is 156 cm³/mol. The minimum atomic E-state index is -0.364. The largest absolute Gasteiger partial charge is 0.493 e. The van der Waals surface area contributed by atoms with Gasteiger partial charge in [0.05, 0.1) is 24.1 Å². The van der Waals surface area contributed by atoms with Crippen LogP contribution in [0.5, 0.6) is 5.75 Å². The van der Waals surface area contributed by atoms with Crippen molar-refractivity contribution in [1.82, 2.24) is 30.2 Å². The van der Waals surface area contributed by atoms with Crippen molar-refractivity contribution in [2.75, 3.05) is 38.1 Å². The summed E-state index contributed by atoms with van der Waals surface area (Å²) in [5, 5.41) is 17.8. The lowest BCUT2D eigenvalue weighted by atomic mass is 9.97. The zero-order chi connectivity index (χ0) is 27.9. The lowest BCUT2D eigenvalue weighted by Gasteiger charge is -2.26. The van der Waals surface area contributed by atoms with Crippen LogP contribution in [0.4, 0.5) is 11.6 Å². The van der Waals surface area contributed by atoms with E-state index in [2.05, 4.69) is 44.4 Å². The number of H-pyrrole nitrogens is 1. The summed E-state index contributed by atoms with van der Waals surface area (Å²) in [7, 11) is 0. The molecule has 0 bridgehead atoms. The lowest BCUT2D eigenvalue weighted by molar-refractivity contribution is 0.0652. The van der Waals surface area contributed by atoms with E-state index in [1.807, 2.05) is 41.3 Å². The molecule has 5 rings (SSSR count). The molecule has 10 nitrogen and oxygen atoms in total. The van der Waals surface area contributed by atoms with Crippen molar-refractivity contribution in [3.05, 3.63) is 60.6 Å². The van der Waals surface area contributed by atoms with Crippen LogP contribution in [-0.4, -0.2) is 74.7 Å². The Bertz CT molecular complexity index is 1430. The summed E-state index contributed by atoms with van der Waals surface area (Å²) < 4.78 is 6.02. The number of ether oxygens (including phenoxy) is 1. The van der Waals surface area contributed by atoms with Crippen LogP contribution in [0.15, 0.2) is 54.9 Å². The van der Waals surface area contributed by atoms with E-state index < -0.39 is 0 Å². The van der Waals surface area contributed by atoms with Gasteiger partial charge in [-0.2, -0.15) is 0 Å². The summed E-state index contributed by atoms with van der Waals surface area (Å²) in [6.07, 6.45) is 5.58. The van der Waals surface area contributed by atoms with Crippen molar-refractivity contribution in [1.29, 1.82) is 0 Å². The Labute approximate surface area is 234 Å². The number of hydrogen-bond donors (Lipinski definition) is 4. The smallest absolute Gasteiger partial charge is 0.270 e. The molecule has 1 amide bonds. The van der Waals surface area contributed by atoms with Gasteiger partial charge in [-0.1, -0.05) is 20.3 Å². The molecule has 0 aliphatic carbocycles. The number of aromatic nitrogens is 4. The molecule has 4 aromatic rings. The summed E-state index contributed by atoms with van der Waals surface area (Å²) in [6.45, 7) is 7.63. The molecule has 210 valence electrons. The maximum absolute atomic E-state index is 12.9. The summed E-state index contributed by atoms with van der Waals surface area (Å²) >= 11 is 0. The fourth-order valence-corrected chi connectivity index (χ4v) is 4.93. The third-order valence-electron chi connectivity index (χ3n) is 7.28. The normalized spacial score (nSPS) is 15.1. The number of amides is 1. The Hall–Kier alpha value is -4.02. The average molecular weight is 544 g/mol. The number of piperazine rings is 1. The number of pyridine rings is 1. The number of aliphatic hydroxyl groups is 1. The number of rotatable bonds is 11. The van der Waals surface area contributed by atoms with Gasteiger partial charge in [0.15, 0.2) is 0 Å². The Morgan fingerprint density at radius 1 is 1.07 bits per heavy atom. The zero-order valence-corrected chi connectivity index (χ0v) is 23.1. The van der Waals surface area contributed by atoms with Crippen LogP contribution >= 0.6 is 0 Å². The fourth-order valence-electron chi connectivity index (χ4n) is 4.93. The van der Waals surface area contributed by atoms with Crippen LogP contribution in [0.1, 0.15) is 43.6 Å². The molecular weight excluding hydrogens is 506 g/mol. The monoisotopic (exact) mass is 543 g/mol. The number of carbonyl (C=O) groups is 1. The van der Waals surface area contributed by atoms with Gasteiger partial charge in [-0.25, -0.2) is 9.97 Å². The Morgan fingerprint density at radius 3 is 2.70 bits per heavy atom. The molecule has 4 heterocycles. The Morgan fingerprint density at radius 2 is 1.90 bits per heavy atom. The number of benzene rings is 1. The van der Waals surface area contributed by atoms with Crippen LogP contribution in [-0.2, 0) is 0 Å². The van der Waals surface area contributed by atoms with Gasteiger partial charge in [0.2, 0.25) is 5.95 Å². The highest BCUT2D eigenvalue weighted by Gasteiger charge is 2.20. The van der Waals surface area contributed by atoms with Crippen molar-refractivity contribution < 1.29 is 14.6 Å². The summed E-state index contributed by atoms with van der Waals surface area (Å²) in [6, 6.07) is 13.2. The minimum absolute atomic E-state index is 0.0179. The van der Waals surface area contributed by atoms with Gasteiger partial charge in [-0.15, -0.1) is 0 Å². The number of fused-ring (bicyclic) bond motifs is 1. The molecule has 0 saturated carbocycles. The first kappa shape index (κ1) is 27.5. The highest BCUT2D eigenvalue weighted by Crippen LogP contribution is 2.25. The van der Waals surface area contributed by atoms with E-state index in [0.717, 1.165) is 48.9 Å². The molecule has 3 aromatic heterocycles. The third-order valence-corrected chi connectivity index (χ3v) is 7.28. The molecule has 1 aliphatic heterocycles. The van der Waals surface area contributed by atoms with Crippen LogP contribution in [0, 0.1) is 5.92 Å². The summed E-state index contributed by atoms with van der Waals surface area (Å²) in [5.74, 6) is 1.22. The van der Waals surface area contributed by atoms with Crippen molar-refractivity contribution in [2.24, 2.45) is 5.92 Å². The number of aliphatic hydroxyl groups excluding tert-OH is 1. The highest BCUT2D eigenvalue weighted by molar-refractivity contribution is 5.98. The van der Waals surface area contributed by atoms with Crippen molar-refractivity contribution in [3.63, 3.8) is 0 Å². The molecule has 0 radical (unpaired) electrons. The molecule has 1 aromatic carbocycles. The van der Waals surface area contributed by atoms with Crippen LogP contribution < -0.4 is 15.4 Å². The predicted octanol–water partition coefficient (Wildman–Crippen LogP) is 4.37. The highest BCUT2D eigenvalue weighted by atomic mass is 16.5. The number of hydrogen-bond acceptors (Lipinski definition) is 8. The van der Waals surface area contributed by atoms with Crippen molar-refractivity contribution >= 4 is 28.4 Å². The second kappa shape index (κ2) is 12.9. The van der Waals surface area contributed by atoms with E-state index in [9.17, 15) is 9.90 Å². The van der Waals surface area contributed by atoms with Gasteiger partial charge in [-0.3, -0.25) is 9.78 Å². The molecule has 10 heteroatoms. The van der Waals surface area contributed by atoms with E-state index in [4.69, 9.17) is 4.74 Å². The van der Waals surface area contributed by atoms with E-state index in [-0.39, 0.29) is 17.9 Å². The standard InChI is InChI=1S/C30H37N7O3/c1-3-5-28(38)20(4-2)19-40-23-8-10-32-26(18-23)25-9-11-33-30(36-25)34-22-6-7-24-21(16-22)17-27(35-24)29(39)37-14-12-31-13-15-37/h6-11,16-18,20,28,31,35,38H,3-5,12-15,19H2,1-2H3,(H,33,34,36). The van der Waals surface area contributed by atoms with Gasteiger partial charge in [0.1, 0.15) is 11.4 Å². The molecule has 1 fully saturated rings. The second-order valence-corrected chi connectivity index (χ2v) is 10.1. The second-order valence-electron chi connectivity index (χ2n) is 10.1. The number of nitrogens with zero attached hydrogens (tertiary/aromatic N) is 4. The van der Waals surface area contributed by atoms with Gasteiger partial charge in [0, 0.05) is 67.1 Å². The van der Waals surface area contributed by atoms with Gasteiger partial charge < -0.3 is 30.4 Å². The fraction of sp³-hybridized carbons (Fsp3) is 0.400. The van der Waals surface area contributed by atoms with E-state index in [0.29, 0.717) is 48.5 Å². The number of carbonyl (C=O) groups excluding carboxylic acids is 1. The first-order valence-electron chi connectivity index (χ1n) is 14.0. The summed E-state index contributed by atoms with van der Waals surface area (Å²) in [4.78, 5) is 31.5. The molecular formula is C30H37N7O3. The van der Waals surface area contributed by atoms with Crippen molar-refractivity contribution in [3.8, 4) is 17.1 Å². The van der Waals surface area contributed by atoms with Crippen molar-refractivity contribution in [2.45, 2.75) is 39.2 Å². The van der Waals surface area contributed by atoms with E-state index in [1.54, 1.807) is 18.5 Å². The van der Waals surface area contributed by atoms with E-state index >= 15 is 0 Å². The Kier molecular flexibility index (Phi) is 8.87. The summed E-state index contributed by atoms with van der Waals surface area (Å²) in [5.41, 5.74) is 3.62.